The monoisotopic (exact) mass is 296 g/mol. The van der Waals surface area contributed by atoms with Gasteiger partial charge in [0, 0.05) is 0 Å². The standard InChI is InChI=1S/C18H20N2O2/c1-13(19-15-9-5-7-11-17(15)21-3)14(2)20-16-10-6-8-12-18(16)22-4/h5-12H,1-4H3. The molecule has 0 N–H and O–H groups in total. The maximum Gasteiger partial charge on any atom is 0.144 e. The molecule has 0 radical (unpaired) electrons. The first-order chi connectivity index (χ1) is 10.7. The molecule has 0 amide bonds. The molecule has 0 saturated heterocycles. The van der Waals surface area contributed by atoms with Gasteiger partial charge in [0.25, 0.3) is 0 Å². The maximum atomic E-state index is 5.31. The van der Waals surface area contributed by atoms with E-state index >= 15 is 0 Å². The molecule has 0 aliphatic heterocycles. The lowest BCUT2D eigenvalue weighted by atomic mass is 10.2. The summed E-state index contributed by atoms with van der Waals surface area (Å²) in [5.41, 5.74) is 3.24. The molecule has 0 atom stereocenters. The summed E-state index contributed by atoms with van der Waals surface area (Å²) in [6, 6.07) is 15.3. The molecule has 0 aliphatic carbocycles. The summed E-state index contributed by atoms with van der Waals surface area (Å²) >= 11 is 0. The van der Waals surface area contributed by atoms with Gasteiger partial charge in [-0.25, -0.2) is 9.98 Å². The maximum absolute atomic E-state index is 5.31. The van der Waals surface area contributed by atoms with Crippen LogP contribution in [0.5, 0.6) is 11.5 Å². The largest absolute Gasteiger partial charge is 0.494 e. The van der Waals surface area contributed by atoms with E-state index in [0.717, 1.165) is 34.3 Å². The van der Waals surface area contributed by atoms with Gasteiger partial charge in [0.1, 0.15) is 22.9 Å². The molecule has 0 spiro atoms. The van der Waals surface area contributed by atoms with E-state index in [2.05, 4.69) is 9.98 Å². The van der Waals surface area contributed by atoms with Crippen molar-refractivity contribution in [1.29, 1.82) is 0 Å². The molecule has 0 bridgehead atoms. The molecule has 0 saturated carbocycles. The molecule has 0 unspecified atom stereocenters. The van der Waals surface area contributed by atoms with E-state index < -0.39 is 0 Å². The van der Waals surface area contributed by atoms with Crippen LogP contribution in [-0.2, 0) is 0 Å². The fourth-order valence-corrected chi connectivity index (χ4v) is 1.97. The van der Waals surface area contributed by atoms with E-state index in [1.165, 1.54) is 0 Å². The van der Waals surface area contributed by atoms with Crippen molar-refractivity contribution in [2.24, 2.45) is 9.98 Å². The van der Waals surface area contributed by atoms with Crippen molar-refractivity contribution in [3.05, 3.63) is 48.5 Å². The molecule has 0 fully saturated rings. The summed E-state index contributed by atoms with van der Waals surface area (Å²) in [5, 5.41) is 0. The van der Waals surface area contributed by atoms with Crippen LogP contribution < -0.4 is 9.47 Å². The normalized spacial score (nSPS) is 12.2. The van der Waals surface area contributed by atoms with Gasteiger partial charge in [-0.15, -0.1) is 0 Å². The second-order valence-corrected chi connectivity index (χ2v) is 4.74. The molecule has 2 aromatic rings. The molecule has 2 aromatic carbocycles. The van der Waals surface area contributed by atoms with Crippen LogP contribution in [0.1, 0.15) is 13.8 Å². The number of benzene rings is 2. The highest BCUT2D eigenvalue weighted by Gasteiger charge is 2.05. The Balaban J connectivity index is 2.33. The summed E-state index contributed by atoms with van der Waals surface area (Å²) < 4.78 is 10.6. The van der Waals surface area contributed by atoms with Crippen LogP contribution >= 0.6 is 0 Å². The van der Waals surface area contributed by atoms with E-state index in [4.69, 9.17) is 9.47 Å². The van der Waals surface area contributed by atoms with Crippen molar-refractivity contribution in [2.45, 2.75) is 13.8 Å². The smallest absolute Gasteiger partial charge is 0.144 e. The Morgan fingerprint density at radius 3 is 1.41 bits per heavy atom. The lowest BCUT2D eigenvalue weighted by Crippen LogP contribution is -2.05. The van der Waals surface area contributed by atoms with Gasteiger partial charge < -0.3 is 9.47 Å². The van der Waals surface area contributed by atoms with Crippen LogP contribution in [0.25, 0.3) is 0 Å². The molecule has 0 aromatic heterocycles. The highest BCUT2D eigenvalue weighted by molar-refractivity contribution is 6.41. The second-order valence-electron chi connectivity index (χ2n) is 4.74. The number of ether oxygens (including phenoxy) is 2. The van der Waals surface area contributed by atoms with Gasteiger partial charge in [-0.3, -0.25) is 0 Å². The minimum Gasteiger partial charge on any atom is -0.494 e. The molecule has 2 rings (SSSR count). The first-order valence-electron chi connectivity index (χ1n) is 7.02. The Kier molecular flexibility index (Phi) is 5.31. The van der Waals surface area contributed by atoms with Gasteiger partial charge in [-0.05, 0) is 38.1 Å². The molecule has 4 heteroatoms. The van der Waals surface area contributed by atoms with E-state index in [-0.39, 0.29) is 0 Å². The third-order valence-corrected chi connectivity index (χ3v) is 3.27. The summed E-state index contributed by atoms with van der Waals surface area (Å²) in [4.78, 5) is 9.20. The topological polar surface area (TPSA) is 43.2 Å². The zero-order chi connectivity index (χ0) is 15.9. The predicted molar refractivity (Wildman–Crippen MR) is 91.5 cm³/mol. The van der Waals surface area contributed by atoms with Crippen molar-refractivity contribution in [3.63, 3.8) is 0 Å². The zero-order valence-electron chi connectivity index (χ0n) is 13.3. The average Bonchev–Trinajstić information content (AvgIpc) is 2.55. The van der Waals surface area contributed by atoms with Crippen LogP contribution in [0, 0.1) is 0 Å². The van der Waals surface area contributed by atoms with Gasteiger partial charge in [-0.2, -0.15) is 0 Å². The number of rotatable bonds is 5. The predicted octanol–water partition coefficient (Wildman–Crippen LogP) is 4.59. The number of methoxy groups -OCH3 is 2. The SMILES string of the molecule is COc1ccccc1N=C(C)C(C)=Nc1ccccc1OC. The van der Waals surface area contributed by atoms with E-state index in [1.807, 2.05) is 62.4 Å². The van der Waals surface area contributed by atoms with E-state index in [0.29, 0.717) is 0 Å². The van der Waals surface area contributed by atoms with E-state index in [1.54, 1.807) is 14.2 Å². The van der Waals surface area contributed by atoms with Crippen molar-refractivity contribution >= 4 is 22.8 Å². The van der Waals surface area contributed by atoms with Gasteiger partial charge in [0.15, 0.2) is 0 Å². The third-order valence-electron chi connectivity index (χ3n) is 3.27. The van der Waals surface area contributed by atoms with Crippen LogP contribution in [0.4, 0.5) is 11.4 Å². The number of hydrogen-bond acceptors (Lipinski definition) is 4. The number of nitrogens with zero attached hydrogens (tertiary/aromatic N) is 2. The molecule has 4 nitrogen and oxygen atoms in total. The van der Waals surface area contributed by atoms with Crippen molar-refractivity contribution in [3.8, 4) is 11.5 Å². The highest BCUT2D eigenvalue weighted by Crippen LogP contribution is 2.28. The fourth-order valence-electron chi connectivity index (χ4n) is 1.97. The van der Waals surface area contributed by atoms with Crippen molar-refractivity contribution in [1.82, 2.24) is 0 Å². The molecule has 114 valence electrons. The van der Waals surface area contributed by atoms with Crippen molar-refractivity contribution in [2.75, 3.05) is 14.2 Å². The summed E-state index contributed by atoms with van der Waals surface area (Å²) in [6.45, 7) is 3.86. The Bertz CT molecular complexity index is 644. The minimum absolute atomic E-state index is 0.743. The molecular formula is C18H20N2O2. The van der Waals surface area contributed by atoms with Crippen LogP contribution in [-0.4, -0.2) is 25.6 Å². The summed E-state index contributed by atoms with van der Waals surface area (Å²) in [7, 11) is 3.28. The third kappa shape index (κ3) is 3.73. The second kappa shape index (κ2) is 7.41. The molecular weight excluding hydrogens is 276 g/mol. The average molecular weight is 296 g/mol. The van der Waals surface area contributed by atoms with Crippen LogP contribution in [0.3, 0.4) is 0 Å². The van der Waals surface area contributed by atoms with Gasteiger partial charge in [-0.1, -0.05) is 24.3 Å². The Morgan fingerprint density at radius 1 is 0.682 bits per heavy atom. The molecule has 22 heavy (non-hydrogen) atoms. The lowest BCUT2D eigenvalue weighted by molar-refractivity contribution is 0.416. The number of aliphatic imine (C=N–C) groups is 2. The van der Waals surface area contributed by atoms with E-state index in [9.17, 15) is 0 Å². The lowest BCUT2D eigenvalue weighted by Gasteiger charge is -2.07. The van der Waals surface area contributed by atoms with Crippen LogP contribution in [0.2, 0.25) is 0 Å². The molecule has 0 aliphatic rings. The number of para-hydroxylation sites is 4. The van der Waals surface area contributed by atoms with Gasteiger partial charge in [0.05, 0.1) is 25.6 Å². The fraction of sp³-hybridized carbons (Fsp3) is 0.222. The van der Waals surface area contributed by atoms with Gasteiger partial charge in [0.2, 0.25) is 0 Å². The minimum atomic E-state index is 0.743. The Hall–Kier alpha value is -2.62. The Morgan fingerprint density at radius 2 is 1.05 bits per heavy atom. The first kappa shape index (κ1) is 15.8. The first-order valence-corrected chi connectivity index (χ1v) is 7.02. The zero-order valence-corrected chi connectivity index (χ0v) is 13.3. The highest BCUT2D eigenvalue weighted by atomic mass is 16.5. The van der Waals surface area contributed by atoms with Crippen LogP contribution in [0.15, 0.2) is 58.5 Å². The summed E-state index contributed by atoms with van der Waals surface area (Å²) in [6.07, 6.45) is 0. The quantitative estimate of drug-likeness (QED) is 0.757. The van der Waals surface area contributed by atoms with Gasteiger partial charge >= 0.3 is 0 Å². The number of hydrogen-bond donors (Lipinski definition) is 0. The van der Waals surface area contributed by atoms with Crippen molar-refractivity contribution < 1.29 is 9.47 Å². The Labute approximate surface area is 131 Å². The summed E-state index contributed by atoms with van der Waals surface area (Å²) in [5.74, 6) is 1.49. The molecule has 0 heterocycles.